The van der Waals surface area contributed by atoms with Gasteiger partial charge in [0, 0.05) is 64.6 Å². The fourth-order valence-electron chi connectivity index (χ4n) is 4.44. The zero-order valence-electron chi connectivity index (χ0n) is 19.0. The van der Waals surface area contributed by atoms with E-state index in [9.17, 15) is 4.79 Å². The Kier molecular flexibility index (Phi) is 6.47. The maximum Gasteiger partial charge on any atom is 0.277 e. The van der Waals surface area contributed by atoms with Crippen LogP contribution < -0.4 is 21.1 Å². The molecule has 5 rings (SSSR count). The highest BCUT2D eigenvalue weighted by Gasteiger charge is 2.21. The highest BCUT2D eigenvalue weighted by atomic mass is 16.1. The minimum absolute atomic E-state index is 0.298. The van der Waals surface area contributed by atoms with Crippen LogP contribution in [0.2, 0.25) is 0 Å². The largest absolute Gasteiger partial charge is 0.339 e. The number of aromatic nitrogens is 4. The molecule has 0 unspecified atom stereocenters. The van der Waals surface area contributed by atoms with Crippen molar-refractivity contribution in [3.63, 3.8) is 0 Å². The molecular formula is C23H31N9O. The number of rotatable bonds is 6. The molecule has 2 aliphatic heterocycles. The molecule has 174 valence electrons. The summed E-state index contributed by atoms with van der Waals surface area (Å²) in [5.41, 5.74) is 2.40. The Morgan fingerprint density at radius 2 is 1.73 bits per heavy atom. The lowest BCUT2D eigenvalue weighted by atomic mass is 10.2. The molecule has 2 aromatic heterocycles. The van der Waals surface area contributed by atoms with Crippen LogP contribution in [0, 0.1) is 0 Å². The van der Waals surface area contributed by atoms with Crippen LogP contribution in [0.5, 0.6) is 0 Å². The summed E-state index contributed by atoms with van der Waals surface area (Å²) in [6, 6.07) is 8.34. The van der Waals surface area contributed by atoms with Crippen LogP contribution in [0.1, 0.15) is 12.5 Å². The van der Waals surface area contributed by atoms with Gasteiger partial charge in [-0.1, -0.05) is 19.1 Å². The van der Waals surface area contributed by atoms with Gasteiger partial charge in [0.15, 0.2) is 0 Å². The topological polar surface area (TPSA) is 105 Å². The predicted octanol–water partition coefficient (Wildman–Crippen LogP) is 1.00. The molecular weight excluding hydrogens is 418 g/mol. The highest BCUT2D eigenvalue weighted by Crippen LogP contribution is 2.24. The molecule has 10 nitrogen and oxygen atoms in total. The number of H-pyrrole nitrogens is 1. The summed E-state index contributed by atoms with van der Waals surface area (Å²) in [6.45, 7) is 12.0. The van der Waals surface area contributed by atoms with Gasteiger partial charge in [0.05, 0.1) is 6.20 Å². The molecule has 33 heavy (non-hydrogen) atoms. The molecule has 0 radical (unpaired) electrons. The fourth-order valence-corrected chi connectivity index (χ4v) is 4.44. The van der Waals surface area contributed by atoms with Gasteiger partial charge in [-0.25, -0.2) is 10.1 Å². The molecule has 2 fully saturated rings. The monoisotopic (exact) mass is 449 g/mol. The summed E-state index contributed by atoms with van der Waals surface area (Å²) in [7, 11) is 0. The van der Waals surface area contributed by atoms with Crippen LogP contribution in [-0.4, -0.2) is 88.9 Å². The fraction of sp³-hybridized carbons (Fsp3) is 0.478. The number of nitrogens with zero attached hydrogens (tertiary/aromatic N) is 6. The number of benzene rings is 1. The first-order valence-corrected chi connectivity index (χ1v) is 11.7. The summed E-state index contributed by atoms with van der Waals surface area (Å²) in [6.07, 6.45) is 1.59. The van der Waals surface area contributed by atoms with E-state index in [0.717, 1.165) is 71.1 Å². The first-order valence-electron chi connectivity index (χ1n) is 11.7. The van der Waals surface area contributed by atoms with E-state index < -0.39 is 0 Å². The average Bonchev–Trinajstić information content (AvgIpc) is 2.86. The highest BCUT2D eigenvalue weighted by molar-refractivity contribution is 5.90. The maximum atomic E-state index is 12.6. The minimum Gasteiger partial charge on any atom is -0.339 e. The Morgan fingerprint density at radius 3 is 2.45 bits per heavy atom. The number of aromatic amines is 1. The number of piperazine rings is 2. The third-order valence-electron chi connectivity index (χ3n) is 6.44. The second kappa shape index (κ2) is 9.82. The van der Waals surface area contributed by atoms with Crippen molar-refractivity contribution in [1.82, 2.24) is 35.3 Å². The number of hydrogen-bond donors (Lipinski definition) is 3. The molecule has 3 N–H and O–H groups in total. The van der Waals surface area contributed by atoms with E-state index in [0.29, 0.717) is 22.7 Å². The van der Waals surface area contributed by atoms with E-state index >= 15 is 0 Å². The standard InChI is InChI=1S/C23H31N9O/c1-2-30-11-13-32(14-12-30)23-27-19-15-25-29-22(33)20(19)21(28-23)26-18-5-3-17(4-6-18)16-31-9-7-24-8-10-31/h3-6,15,24H,2,7-14,16H2,1H3,(H,29,33)(H,26,27,28). The van der Waals surface area contributed by atoms with Crippen molar-refractivity contribution >= 4 is 28.4 Å². The third-order valence-corrected chi connectivity index (χ3v) is 6.44. The van der Waals surface area contributed by atoms with Crippen molar-refractivity contribution in [2.75, 3.05) is 69.1 Å². The lowest BCUT2D eigenvalue weighted by Gasteiger charge is -2.34. The predicted molar refractivity (Wildman–Crippen MR) is 130 cm³/mol. The van der Waals surface area contributed by atoms with Crippen LogP contribution in [-0.2, 0) is 6.54 Å². The molecule has 0 spiro atoms. The maximum absolute atomic E-state index is 12.6. The molecule has 0 aliphatic carbocycles. The zero-order chi connectivity index (χ0) is 22.6. The number of hydrogen-bond acceptors (Lipinski definition) is 9. The average molecular weight is 450 g/mol. The Bertz CT molecular complexity index is 1130. The van der Waals surface area contributed by atoms with Crippen molar-refractivity contribution in [1.29, 1.82) is 0 Å². The van der Waals surface area contributed by atoms with Crippen molar-refractivity contribution in [3.8, 4) is 0 Å². The molecule has 10 heteroatoms. The molecule has 3 aromatic rings. The van der Waals surface area contributed by atoms with Crippen molar-refractivity contribution in [2.24, 2.45) is 0 Å². The number of likely N-dealkylation sites (N-methyl/N-ethyl adjacent to an activating group) is 1. The Morgan fingerprint density at radius 1 is 0.970 bits per heavy atom. The van der Waals surface area contributed by atoms with Crippen molar-refractivity contribution < 1.29 is 0 Å². The molecule has 2 saturated heterocycles. The molecule has 0 bridgehead atoms. The zero-order valence-corrected chi connectivity index (χ0v) is 19.0. The van der Waals surface area contributed by atoms with Gasteiger partial charge in [0.25, 0.3) is 5.56 Å². The van der Waals surface area contributed by atoms with Gasteiger partial charge < -0.3 is 20.4 Å². The van der Waals surface area contributed by atoms with Gasteiger partial charge >= 0.3 is 0 Å². The van der Waals surface area contributed by atoms with E-state index in [-0.39, 0.29) is 5.56 Å². The number of nitrogens with one attached hydrogen (secondary N) is 3. The molecule has 1 aromatic carbocycles. The first-order chi connectivity index (χ1) is 16.2. The second-order valence-electron chi connectivity index (χ2n) is 8.60. The molecule has 0 saturated carbocycles. The van der Waals surface area contributed by atoms with E-state index in [4.69, 9.17) is 4.98 Å². The van der Waals surface area contributed by atoms with Gasteiger partial charge in [0.2, 0.25) is 5.95 Å². The number of fused-ring (bicyclic) bond motifs is 1. The summed E-state index contributed by atoms with van der Waals surface area (Å²) < 4.78 is 0. The van der Waals surface area contributed by atoms with Gasteiger partial charge in [-0.3, -0.25) is 9.69 Å². The molecule has 0 amide bonds. The Hall–Kier alpha value is -3.08. The van der Waals surface area contributed by atoms with Crippen molar-refractivity contribution in [2.45, 2.75) is 13.5 Å². The lowest BCUT2D eigenvalue weighted by molar-refractivity contribution is 0.233. The SMILES string of the molecule is CCN1CCN(c2nc(Nc3ccc(CN4CCNCC4)cc3)c3c(=O)[nH]ncc3n2)CC1. The molecule has 2 aliphatic rings. The molecule has 0 atom stereocenters. The summed E-state index contributed by atoms with van der Waals surface area (Å²) in [5, 5.41) is 13.6. The van der Waals surface area contributed by atoms with E-state index in [1.165, 1.54) is 5.56 Å². The Labute approximate surface area is 193 Å². The van der Waals surface area contributed by atoms with Crippen LogP contribution in [0.25, 0.3) is 10.9 Å². The summed E-state index contributed by atoms with van der Waals surface area (Å²) in [4.78, 5) is 29.0. The summed E-state index contributed by atoms with van der Waals surface area (Å²) >= 11 is 0. The second-order valence-corrected chi connectivity index (χ2v) is 8.60. The van der Waals surface area contributed by atoms with E-state index in [2.05, 4.69) is 59.6 Å². The first kappa shape index (κ1) is 21.7. The van der Waals surface area contributed by atoms with Crippen LogP contribution in [0.3, 0.4) is 0 Å². The van der Waals surface area contributed by atoms with Crippen LogP contribution in [0.15, 0.2) is 35.3 Å². The van der Waals surface area contributed by atoms with E-state index in [1.807, 2.05) is 12.1 Å². The summed E-state index contributed by atoms with van der Waals surface area (Å²) in [5.74, 6) is 1.13. The third kappa shape index (κ3) is 4.97. The Balaban J connectivity index is 1.39. The minimum atomic E-state index is -0.298. The van der Waals surface area contributed by atoms with E-state index in [1.54, 1.807) is 6.20 Å². The quantitative estimate of drug-likeness (QED) is 0.508. The molecule has 4 heterocycles. The van der Waals surface area contributed by atoms with Gasteiger partial charge in [-0.05, 0) is 24.2 Å². The lowest BCUT2D eigenvalue weighted by Crippen LogP contribution is -2.46. The van der Waals surface area contributed by atoms with Gasteiger partial charge in [-0.15, -0.1) is 0 Å². The van der Waals surface area contributed by atoms with Gasteiger partial charge in [-0.2, -0.15) is 10.1 Å². The van der Waals surface area contributed by atoms with Crippen LogP contribution >= 0.6 is 0 Å². The van der Waals surface area contributed by atoms with Gasteiger partial charge in [0.1, 0.15) is 16.7 Å². The van der Waals surface area contributed by atoms with Crippen LogP contribution in [0.4, 0.5) is 17.5 Å². The van der Waals surface area contributed by atoms with Crippen molar-refractivity contribution in [3.05, 3.63) is 46.4 Å². The number of anilines is 3. The smallest absolute Gasteiger partial charge is 0.277 e. The normalized spacial score (nSPS) is 18.0.